The van der Waals surface area contributed by atoms with Crippen molar-refractivity contribution in [3.63, 3.8) is 0 Å². The number of aliphatic hydroxyl groups is 7. The maximum absolute atomic E-state index is 12.8. The molecule has 1 amide bonds. The Hall–Kier alpha value is -2.77. The Bertz CT molecular complexity index is 1590. The third-order valence-electron chi connectivity index (χ3n) is 11.7. The molecule has 0 unspecified atom stereocenters. The van der Waals surface area contributed by atoms with Crippen molar-refractivity contribution in [2.45, 2.75) is 204 Å². The van der Waals surface area contributed by atoms with Crippen molar-refractivity contribution in [3.05, 3.63) is 23.8 Å². The van der Waals surface area contributed by atoms with Crippen LogP contribution in [-0.2, 0) is 55.2 Å². The van der Waals surface area contributed by atoms with Crippen LogP contribution < -0.4 is 0 Å². The zero-order valence-corrected chi connectivity index (χ0v) is 35.5. The van der Waals surface area contributed by atoms with E-state index >= 15 is 0 Å². The standard InChI is InChI=1S/C39H67N8O13/c1-24(50)46(36-33(54)32(53)35(29(22-49)58-36)60-37-34(55)31(52)30(51)28(21-48)59-37)20-25-18-44(42-40-25)14-12-10-8-6-7-9-11-13-15-45-19-26(41-43-45)23-57-27-16-38(2,3)47(56)39(4,5)17-27/h18-19,27-37,48-49,51-55H,6-17,20-23H2,1-5H3/t28-,29-,30+,31+,32-,33-,34-,35-,36-,37+/m1/s1. The molecule has 10 atom stereocenters. The van der Waals surface area contributed by atoms with Gasteiger partial charge in [-0.2, -0.15) is 0 Å². The van der Waals surface area contributed by atoms with Crippen LogP contribution in [0.1, 0.15) is 110 Å². The van der Waals surface area contributed by atoms with Crippen molar-refractivity contribution < 1.29 is 64.7 Å². The summed E-state index contributed by atoms with van der Waals surface area (Å²) < 4.78 is 26.5. The fourth-order valence-electron chi connectivity index (χ4n) is 8.52. The number of hydroxylamine groups is 2. The highest BCUT2D eigenvalue weighted by Gasteiger charge is 2.52. The second-order valence-corrected chi connectivity index (χ2v) is 17.7. The van der Waals surface area contributed by atoms with Gasteiger partial charge in [0.05, 0.1) is 44.9 Å². The fourth-order valence-corrected chi connectivity index (χ4v) is 8.52. The van der Waals surface area contributed by atoms with E-state index < -0.39 is 91.5 Å². The highest BCUT2D eigenvalue weighted by molar-refractivity contribution is 5.73. The van der Waals surface area contributed by atoms with Gasteiger partial charge in [0.2, 0.25) is 5.91 Å². The number of hydrogen-bond donors (Lipinski definition) is 7. The normalized spacial score (nSPS) is 31.1. The number of aromatic nitrogens is 6. The monoisotopic (exact) mass is 855 g/mol. The molecule has 0 spiro atoms. The van der Waals surface area contributed by atoms with Crippen LogP contribution in [0, 0.1) is 0 Å². The van der Waals surface area contributed by atoms with Gasteiger partial charge < -0.3 is 59.6 Å². The number of amides is 1. The molecule has 0 bridgehead atoms. The van der Waals surface area contributed by atoms with Gasteiger partial charge in [-0.1, -0.05) is 49.0 Å². The summed E-state index contributed by atoms with van der Waals surface area (Å²) in [6, 6.07) is 0. The maximum atomic E-state index is 12.8. The Morgan fingerprint density at radius 1 is 0.750 bits per heavy atom. The Labute approximate surface area is 350 Å². The Kier molecular flexibility index (Phi) is 17.3. The van der Waals surface area contributed by atoms with E-state index in [-0.39, 0.29) is 12.6 Å². The van der Waals surface area contributed by atoms with E-state index in [4.69, 9.17) is 18.9 Å². The Balaban J connectivity index is 0.962. The molecule has 3 aliphatic rings. The number of rotatable bonds is 21. The largest absolute Gasteiger partial charge is 0.394 e. The number of piperidine rings is 1. The molecule has 21 nitrogen and oxygen atoms in total. The van der Waals surface area contributed by atoms with Crippen LogP contribution in [0.4, 0.5) is 0 Å². The number of unbranched alkanes of at least 4 members (excludes halogenated alkanes) is 7. The van der Waals surface area contributed by atoms with Gasteiger partial charge in [-0.15, -0.1) is 20.5 Å². The topological polar surface area (TPSA) is 283 Å². The zero-order chi connectivity index (χ0) is 43.8. The number of ether oxygens (including phenoxy) is 4. The number of hydrogen-bond acceptors (Lipinski definition) is 17. The summed E-state index contributed by atoms with van der Waals surface area (Å²) in [4.78, 5) is 13.9. The van der Waals surface area contributed by atoms with E-state index in [0.717, 1.165) is 68.5 Å². The van der Waals surface area contributed by atoms with E-state index in [1.54, 1.807) is 10.9 Å². The highest BCUT2D eigenvalue weighted by Crippen LogP contribution is 2.38. The summed E-state index contributed by atoms with van der Waals surface area (Å²) in [6.45, 7) is 9.36. The lowest BCUT2D eigenvalue weighted by Crippen LogP contribution is -2.66. The fraction of sp³-hybridized carbons (Fsp3) is 0.872. The highest BCUT2D eigenvalue weighted by atomic mass is 16.7. The first kappa shape index (κ1) is 48.3. The molecular formula is C39H67N8O13. The SMILES string of the molecule is CC(=O)N(Cc1cn(CCCCCCCCCCn2cc(COC3CC(C)(C)N([O])C(C)(C)C3)nn2)nn1)[C@@H]1O[C@H](CO)[C@@H](O[C@@H]2O[C@H](CO)[C@H](O)[C@H](O)[C@H]2O)[C@H](O)[C@H]1O. The lowest BCUT2D eigenvalue weighted by Gasteiger charge is -2.49. The minimum Gasteiger partial charge on any atom is -0.394 e. The molecule has 5 rings (SSSR count). The lowest BCUT2D eigenvalue weighted by molar-refractivity contribution is -0.348. The first-order valence-corrected chi connectivity index (χ1v) is 21.2. The minimum absolute atomic E-state index is 0.00421. The summed E-state index contributed by atoms with van der Waals surface area (Å²) in [6.07, 6.45) is -2.38. The molecule has 5 heterocycles. The number of carbonyl (C=O) groups excluding carboxylic acids is 1. The summed E-state index contributed by atoms with van der Waals surface area (Å²) in [5, 5.41) is 103. The van der Waals surface area contributed by atoms with Crippen LogP contribution in [0.5, 0.6) is 0 Å². The molecule has 7 N–H and O–H groups in total. The Morgan fingerprint density at radius 2 is 1.28 bits per heavy atom. The number of carbonyl (C=O) groups is 1. The minimum atomic E-state index is -1.79. The molecule has 0 saturated carbocycles. The van der Waals surface area contributed by atoms with Crippen LogP contribution in [0.25, 0.3) is 0 Å². The van der Waals surface area contributed by atoms with Crippen molar-refractivity contribution >= 4 is 5.91 Å². The lowest BCUT2D eigenvalue weighted by atomic mass is 9.80. The molecule has 0 aliphatic carbocycles. The second kappa shape index (κ2) is 21.5. The number of nitrogens with zero attached hydrogens (tertiary/aromatic N) is 8. The van der Waals surface area contributed by atoms with E-state index in [0.29, 0.717) is 31.7 Å². The first-order chi connectivity index (χ1) is 28.4. The van der Waals surface area contributed by atoms with E-state index in [9.17, 15) is 45.7 Å². The molecule has 1 radical (unpaired) electrons. The molecule has 60 heavy (non-hydrogen) atoms. The van der Waals surface area contributed by atoms with Crippen molar-refractivity contribution in [1.82, 2.24) is 40.0 Å². The molecule has 2 aromatic rings. The maximum Gasteiger partial charge on any atom is 0.221 e. The van der Waals surface area contributed by atoms with Crippen LogP contribution >= 0.6 is 0 Å². The molecule has 2 aromatic heterocycles. The van der Waals surface area contributed by atoms with Crippen molar-refractivity contribution in [2.24, 2.45) is 0 Å². The molecule has 0 aromatic carbocycles. The van der Waals surface area contributed by atoms with Gasteiger partial charge in [-0.05, 0) is 53.4 Å². The number of aryl methyl sites for hydroxylation is 2. The van der Waals surface area contributed by atoms with Crippen LogP contribution in [-0.4, -0.2) is 173 Å². The van der Waals surface area contributed by atoms with Crippen LogP contribution in [0.15, 0.2) is 12.4 Å². The predicted molar refractivity (Wildman–Crippen MR) is 208 cm³/mol. The van der Waals surface area contributed by atoms with Crippen LogP contribution in [0.3, 0.4) is 0 Å². The quantitative estimate of drug-likeness (QED) is 0.0783. The molecule has 3 fully saturated rings. The third-order valence-corrected chi connectivity index (χ3v) is 11.7. The molecular weight excluding hydrogens is 788 g/mol. The second-order valence-electron chi connectivity index (χ2n) is 17.7. The summed E-state index contributed by atoms with van der Waals surface area (Å²) in [5.74, 6) is -0.511. The molecule has 3 aliphatic heterocycles. The Morgan fingerprint density at radius 3 is 1.83 bits per heavy atom. The summed E-state index contributed by atoms with van der Waals surface area (Å²) in [5.41, 5.74) is 0.257. The van der Waals surface area contributed by atoms with E-state index in [1.807, 2.05) is 38.6 Å². The molecule has 3 saturated heterocycles. The van der Waals surface area contributed by atoms with Gasteiger partial charge >= 0.3 is 0 Å². The van der Waals surface area contributed by atoms with Crippen molar-refractivity contribution in [1.29, 1.82) is 0 Å². The van der Waals surface area contributed by atoms with Gasteiger partial charge in [0.25, 0.3) is 0 Å². The van der Waals surface area contributed by atoms with E-state index in [1.165, 1.54) is 12.0 Å². The smallest absolute Gasteiger partial charge is 0.221 e. The van der Waals surface area contributed by atoms with Gasteiger partial charge in [-0.25, -0.2) is 0 Å². The molecule has 21 heteroatoms. The first-order valence-electron chi connectivity index (χ1n) is 21.2. The van der Waals surface area contributed by atoms with Crippen LogP contribution in [0.2, 0.25) is 0 Å². The summed E-state index contributed by atoms with van der Waals surface area (Å²) >= 11 is 0. The third kappa shape index (κ3) is 12.2. The molecule has 341 valence electrons. The van der Waals surface area contributed by atoms with Gasteiger partial charge in [0.15, 0.2) is 12.5 Å². The van der Waals surface area contributed by atoms with Gasteiger partial charge in [0, 0.05) is 31.1 Å². The summed E-state index contributed by atoms with van der Waals surface area (Å²) in [7, 11) is 0. The van der Waals surface area contributed by atoms with Crippen molar-refractivity contribution in [2.75, 3.05) is 13.2 Å². The zero-order valence-electron chi connectivity index (χ0n) is 35.5. The van der Waals surface area contributed by atoms with Gasteiger partial charge in [0.1, 0.15) is 60.2 Å². The van der Waals surface area contributed by atoms with E-state index in [2.05, 4.69) is 20.6 Å². The number of aliphatic hydroxyl groups excluding tert-OH is 7. The average Bonchev–Trinajstić information content (AvgIpc) is 3.87. The predicted octanol–water partition coefficient (Wildman–Crippen LogP) is -0.453. The average molecular weight is 856 g/mol. The van der Waals surface area contributed by atoms with Gasteiger partial charge in [-0.3, -0.25) is 14.2 Å². The van der Waals surface area contributed by atoms with Crippen molar-refractivity contribution in [3.8, 4) is 0 Å².